The Hall–Kier alpha value is -1.09. The lowest BCUT2D eigenvalue weighted by molar-refractivity contribution is 0.360. The van der Waals surface area contributed by atoms with Crippen LogP contribution in [-0.2, 0) is 5.41 Å². The van der Waals surface area contributed by atoms with Gasteiger partial charge in [-0.15, -0.1) is 0 Å². The van der Waals surface area contributed by atoms with Gasteiger partial charge in [0.2, 0.25) is 0 Å². The molecular weight excluding hydrogens is 222 g/mol. The highest BCUT2D eigenvalue weighted by atomic mass is 15.2. The van der Waals surface area contributed by atoms with Crippen LogP contribution in [0.2, 0.25) is 0 Å². The Morgan fingerprint density at radius 3 is 2.44 bits per heavy atom. The molecule has 0 atom stereocenters. The van der Waals surface area contributed by atoms with E-state index in [-0.39, 0.29) is 5.41 Å². The summed E-state index contributed by atoms with van der Waals surface area (Å²) in [7, 11) is 2.19. The molecule has 0 aromatic carbocycles. The van der Waals surface area contributed by atoms with Crippen LogP contribution in [0.5, 0.6) is 0 Å². The van der Waals surface area contributed by atoms with Crippen molar-refractivity contribution in [3.63, 3.8) is 0 Å². The first-order valence-corrected chi connectivity index (χ1v) is 6.87. The van der Waals surface area contributed by atoms with E-state index >= 15 is 0 Å². The molecule has 0 amide bonds. The lowest BCUT2D eigenvalue weighted by Gasteiger charge is -2.23. The standard InChI is InChI=1S/C15H25N3/c1-15(2,3)13-6-7-14(16-12-13)18-9-5-8-17(4)10-11-18/h6-7,12H,5,8-11H2,1-4H3. The van der Waals surface area contributed by atoms with Crippen molar-refractivity contribution in [2.75, 3.05) is 38.1 Å². The zero-order valence-corrected chi connectivity index (χ0v) is 12.1. The normalized spacial score (nSPS) is 18.8. The molecule has 1 aromatic rings. The number of hydrogen-bond acceptors (Lipinski definition) is 3. The molecule has 100 valence electrons. The Morgan fingerprint density at radius 2 is 1.83 bits per heavy atom. The molecule has 3 heteroatoms. The minimum Gasteiger partial charge on any atom is -0.355 e. The number of nitrogens with zero attached hydrogens (tertiary/aromatic N) is 3. The lowest BCUT2D eigenvalue weighted by atomic mass is 9.88. The van der Waals surface area contributed by atoms with Gasteiger partial charge in [-0.2, -0.15) is 0 Å². The third-order valence-corrected chi connectivity index (χ3v) is 3.66. The van der Waals surface area contributed by atoms with Crippen LogP contribution in [0.1, 0.15) is 32.8 Å². The average molecular weight is 247 g/mol. The van der Waals surface area contributed by atoms with Crippen molar-refractivity contribution in [2.24, 2.45) is 0 Å². The Kier molecular flexibility index (Phi) is 3.91. The Morgan fingerprint density at radius 1 is 1.06 bits per heavy atom. The largest absolute Gasteiger partial charge is 0.355 e. The van der Waals surface area contributed by atoms with Crippen molar-refractivity contribution < 1.29 is 0 Å². The zero-order chi connectivity index (χ0) is 13.2. The Bertz CT molecular complexity index is 378. The van der Waals surface area contributed by atoms with Gasteiger partial charge >= 0.3 is 0 Å². The van der Waals surface area contributed by atoms with Crippen LogP contribution in [0, 0.1) is 0 Å². The van der Waals surface area contributed by atoms with E-state index in [2.05, 4.69) is 54.7 Å². The van der Waals surface area contributed by atoms with Gasteiger partial charge in [-0.05, 0) is 37.1 Å². The highest BCUT2D eigenvalue weighted by Gasteiger charge is 2.16. The summed E-state index contributed by atoms with van der Waals surface area (Å²) in [4.78, 5) is 9.43. The van der Waals surface area contributed by atoms with Crippen LogP contribution in [0.4, 0.5) is 5.82 Å². The molecule has 2 rings (SSSR count). The second-order valence-electron chi connectivity index (χ2n) is 6.30. The summed E-state index contributed by atoms with van der Waals surface area (Å²) < 4.78 is 0. The second-order valence-corrected chi connectivity index (χ2v) is 6.30. The van der Waals surface area contributed by atoms with E-state index in [1.165, 1.54) is 18.5 Å². The summed E-state index contributed by atoms with van der Waals surface area (Å²) in [6.45, 7) is 11.2. The van der Waals surface area contributed by atoms with Crippen LogP contribution in [-0.4, -0.2) is 43.1 Å². The van der Waals surface area contributed by atoms with Crippen LogP contribution in [0.15, 0.2) is 18.3 Å². The number of pyridine rings is 1. The van der Waals surface area contributed by atoms with Crippen molar-refractivity contribution in [1.82, 2.24) is 9.88 Å². The molecule has 1 aromatic heterocycles. The first-order valence-electron chi connectivity index (χ1n) is 6.87. The number of likely N-dealkylation sites (N-methyl/N-ethyl adjacent to an activating group) is 1. The molecule has 0 bridgehead atoms. The van der Waals surface area contributed by atoms with E-state index in [0.29, 0.717) is 0 Å². The number of hydrogen-bond donors (Lipinski definition) is 0. The van der Waals surface area contributed by atoms with Gasteiger partial charge in [0, 0.05) is 25.8 Å². The number of aromatic nitrogens is 1. The van der Waals surface area contributed by atoms with Crippen LogP contribution in [0.25, 0.3) is 0 Å². The number of rotatable bonds is 1. The van der Waals surface area contributed by atoms with Crippen LogP contribution < -0.4 is 4.90 Å². The predicted octanol–water partition coefficient (Wildman–Crippen LogP) is 2.52. The van der Waals surface area contributed by atoms with E-state index in [9.17, 15) is 0 Å². The van der Waals surface area contributed by atoms with E-state index in [1.807, 2.05) is 6.20 Å². The minimum absolute atomic E-state index is 0.185. The van der Waals surface area contributed by atoms with E-state index in [1.54, 1.807) is 0 Å². The van der Waals surface area contributed by atoms with E-state index in [4.69, 9.17) is 0 Å². The molecule has 1 aliphatic heterocycles. The molecule has 2 heterocycles. The van der Waals surface area contributed by atoms with Crippen molar-refractivity contribution in [3.05, 3.63) is 23.9 Å². The summed E-state index contributed by atoms with van der Waals surface area (Å²) in [5, 5.41) is 0. The summed E-state index contributed by atoms with van der Waals surface area (Å²) >= 11 is 0. The maximum Gasteiger partial charge on any atom is 0.128 e. The molecule has 1 fully saturated rings. The van der Waals surface area contributed by atoms with Gasteiger partial charge < -0.3 is 9.80 Å². The van der Waals surface area contributed by atoms with Gasteiger partial charge in [-0.1, -0.05) is 26.8 Å². The smallest absolute Gasteiger partial charge is 0.128 e. The first-order chi connectivity index (χ1) is 8.47. The van der Waals surface area contributed by atoms with Gasteiger partial charge in [0.15, 0.2) is 0 Å². The fourth-order valence-electron chi connectivity index (χ4n) is 2.29. The molecular formula is C15H25N3. The molecule has 18 heavy (non-hydrogen) atoms. The molecule has 0 unspecified atom stereocenters. The highest BCUT2D eigenvalue weighted by Crippen LogP contribution is 2.23. The third kappa shape index (κ3) is 3.22. The minimum atomic E-state index is 0.185. The zero-order valence-electron chi connectivity index (χ0n) is 12.1. The van der Waals surface area contributed by atoms with Gasteiger partial charge in [-0.3, -0.25) is 0 Å². The topological polar surface area (TPSA) is 19.4 Å². The molecule has 1 aliphatic rings. The van der Waals surface area contributed by atoms with Gasteiger partial charge in [0.25, 0.3) is 0 Å². The van der Waals surface area contributed by atoms with Gasteiger partial charge in [-0.25, -0.2) is 4.98 Å². The van der Waals surface area contributed by atoms with Gasteiger partial charge in [0.1, 0.15) is 5.82 Å². The molecule has 0 N–H and O–H groups in total. The average Bonchev–Trinajstić information content (AvgIpc) is 2.53. The summed E-state index contributed by atoms with van der Waals surface area (Å²) in [5.41, 5.74) is 1.49. The summed E-state index contributed by atoms with van der Waals surface area (Å²) in [6.07, 6.45) is 3.25. The predicted molar refractivity (Wildman–Crippen MR) is 77.3 cm³/mol. The van der Waals surface area contributed by atoms with Crippen LogP contribution in [0.3, 0.4) is 0 Å². The highest BCUT2D eigenvalue weighted by molar-refractivity contribution is 5.40. The SMILES string of the molecule is CN1CCCN(c2ccc(C(C)(C)C)cn2)CC1. The van der Waals surface area contributed by atoms with Crippen molar-refractivity contribution in [3.8, 4) is 0 Å². The third-order valence-electron chi connectivity index (χ3n) is 3.66. The quantitative estimate of drug-likeness (QED) is 0.760. The number of anilines is 1. The molecule has 0 saturated carbocycles. The van der Waals surface area contributed by atoms with Gasteiger partial charge in [0.05, 0.1) is 0 Å². The maximum atomic E-state index is 4.64. The fourth-order valence-corrected chi connectivity index (χ4v) is 2.29. The molecule has 0 spiro atoms. The summed E-state index contributed by atoms with van der Waals surface area (Å²) in [6, 6.07) is 4.39. The van der Waals surface area contributed by atoms with Crippen molar-refractivity contribution in [1.29, 1.82) is 0 Å². The Labute approximate surface area is 111 Å². The fraction of sp³-hybridized carbons (Fsp3) is 0.667. The summed E-state index contributed by atoms with van der Waals surface area (Å²) in [5.74, 6) is 1.12. The van der Waals surface area contributed by atoms with E-state index in [0.717, 1.165) is 25.5 Å². The molecule has 0 radical (unpaired) electrons. The van der Waals surface area contributed by atoms with Crippen molar-refractivity contribution in [2.45, 2.75) is 32.6 Å². The van der Waals surface area contributed by atoms with Crippen molar-refractivity contribution >= 4 is 5.82 Å². The maximum absolute atomic E-state index is 4.64. The molecule has 0 aliphatic carbocycles. The van der Waals surface area contributed by atoms with E-state index < -0.39 is 0 Å². The molecule has 1 saturated heterocycles. The lowest BCUT2D eigenvalue weighted by Crippen LogP contribution is -2.29. The monoisotopic (exact) mass is 247 g/mol. The first kappa shape index (κ1) is 13.3. The van der Waals surface area contributed by atoms with Crippen LogP contribution >= 0.6 is 0 Å². The second kappa shape index (κ2) is 5.27. The molecule has 3 nitrogen and oxygen atoms in total. The Balaban J connectivity index is 2.09.